The van der Waals surface area contributed by atoms with E-state index in [2.05, 4.69) is 15.0 Å². The van der Waals surface area contributed by atoms with Crippen molar-refractivity contribution in [3.63, 3.8) is 0 Å². The molecule has 6 rings (SSSR count). The van der Waals surface area contributed by atoms with Crippen LogP contribution in [0.3, 0.4) is 0 Å². The lowest BCUT2D eigenvalue weighted by atomic mass is 10.1. The molecule has 2 unspecified atom stereocenters. The number of anilines is 1. The molecule has 1 aliphatic heterocycles. The van der Waals surface area contributed by atoms with Gasteiger partial charge in [-0.15, -0.1) is 0 Å². The molecule has 2 aromatic carbocycles. The Morgan fingerprint density at radius 3 is 2.79 bits per heavy atom. The highest BCUT2D eigenvalue weighted by atomic mass is 32.2. The predicted octanol–water partition coefficient (Wildman–Crippen LogP) is 3.39. The monoisotopic (exact) mass is 482 g/mol. The number of hydrogen-bond acceptors (Lipinski definition) is 8. The number of fused-ring (bicyclic) bond motifs is 4. The van der Waals surface area contributed by atoms with Gasteiger partial charge in [0.2, 0.25) is 0 Å². The molecule has 176 valence electrons. The fraction of sp³-hybridized carbons (Fsp3) is 0.304. The normalized spacial score (nSPS) is 18.6. The van der Waals surface area contributed by atoms with Crippen molar-refractivity contribution in [3.05, 3.63) is 53.9 Å². The smallest absolute Gasteiger partial charge is 0.266 e. The first kappa shape index (κ1) is 20.8. The SMILES string of the molecule is COc1cc2c(cc1S(=O)(=O)Nc1noc3cc(Cn4cccn4)cc(OC)c13)C1CC1CO2. The molecule has 2 aromatic heterocycles. The van der Waals surface area contributed by atoms with E-state index in [9.17, 15) is 8.42 Å². The molecule has 0 radical (unpaired) electrons. The molecule has 10 nitrogen and oxygen atoms in total. The van der Waals surface area contributed by atoms with Crippen LogP contribution in [0.4, 0.5) is 5.82 Å². The van der Waals surface area contributed by atoms with Gasteiger partial charge in [0.05, 0.1) is 27.4 Å². The summed E-state index contributed by atoms with van der Waals surface area (Å²) in [5.74, 6) is 2.12. The molecule has 34 heavy (non-hydrogen) atoms. The van der Waals surface area contributed by atoms with Crippen LogP contribution < -0.4 is 18.9 Å². The number of ether oxygens (including phenoxy) is 3. The summed E-state index contributed by atoms with van der Waals surface area (Å²) in [6.45, 7) is 1.15. The zero-order valence-corrected chi connectivity index (χ0v) is 19.3. The Morgan fingerprint density at radius 1 is 1.18 bits per heavy atom. The maximum Gasteiger partial charge on any atom is 0.266 e. The maximum absolute atomic E-state index is 13.4. The fourth-order valence-electron chi connectivity index (χ4n) is 4.53. The van der Waals surface area contributed by atoms with Crippen molar-refractivity contribution in [2.45, 2.75) is 23.8 Å². The zero-order valence-electron chi connectivity index (χ0n) is 18.5. The standard InChI is InChI=1S/C23H22N4O6S/c1-30-18-10-17-16(15-8-14(15)12-32-17)9-21(18)34(28,29)26-23-22-19(31-2)6-13(7-20(22)33-25-23)11-27-5-3-4-24-27/h3-7,9-10,14-15H,8,11-12H2,1-2H3,(H,25,26). The van der Waals surface area contributed by atoms with Gasteiger partial charge in [-0.2, -0.15) is 5.10 Å². The van der Waals surface area contributed by atoms with Crippen molar-refractivity contribution < 1.29 is 27.2 Å². The molecule has 11 heteroatoms. The Labute approximate surface area is 195 Å². The minimum Gasteiger partial charge on any atom is -0.496 e. The number of methoxy groups -OCH3 is 2. The van der Waals surface area contributed by atoms with Crippen LogP contribution in [0.15, 0.2) is 52.1 Å². The number of aromatic nitrogens is 3. The molecule has 2 aliphatic rings. The summed E-state index contributed by atoms with van der Waals surface area (Å²) in [5.41, 5.74) is 2.16. The van der Waals surface area contributed by atoms with Crippen molar-refractivity contribution in [1.29, 1.82) is 0 Å². The van der Waals surface area contributed by atoms with Gasteiger partial charge in [-0.05, 0) is 47.7 Å². The van der Waals surface area contributed by atoms with E-state index in [-0.39, 0.29) is 16.5 Å². The Hall–Kier alpha value is -3.73. The van der Waals surface area contributed by atoms with Crippen LogP contribution in [0.25, 0.3) is 11.0 Å². The molecule has 3 heterocycles. The van der Waals surface area contributed by atoms with Crippen LogP contribution in [0.1, 0.15) is 23.5 Å². The van der Waals surface area contributed by atoms with Crippen LogP contribution >= 0.6 is 0 Å². The van der Waals surface area contributed by atoms with Gasteiger partial charge in [-0.1, -0.05) is 5.16 Å². The van der Waals surface area contributed by atoms with Gasteiger partial charge in [-0.25, -0.2) is 8.42 Å². The van der Waals surface area contributed by atoms with Crippen LogP contribution in [0.5, 0.6) is 17.2 Å². The summed E-state index contributed by atoms with van der Waals surface area (Å²) < 4.78 is 53.4. The second-order valence-corrected chi connectivity index (χ2v) is 10.1. The van der Waals surface area contributed by atoms with Crippen molar-refractivity contribution >= 4 is 26.8 Å². The minimum atomic E-state index is -4.05. The molecule has 0 bridgehead atoms. The van der Waals surface area contributed by atoms with Gasteiger partial charge in [0, 0.05) is 24.4 Å². The van der Waals surface area contributed by atoms with Crippen LogP contribution in [-0.4, -0.2) is 44.2 Å². The average Bonchev–Trinajstić information content (AvgIpc) is 3.28. The van der Waals surface area contributed by atoms with E-state index >= 15 is 0 Å². The highest BCUT2D eigenvalue weighted by Gasteiger charge is 2.45. The van der Waals surface area contributed by atoms with Crippen molar-refractivity contribution in [3.8, 4) is 17.2 Å². The third kappa shape index (κ3) is 3.43. The third-order valence-corrected chi connectivity index (χ3v) is 7.67. The number of rotatable bonds is 7. The number of hydrogen-bond donors (Lipinski definition) is 1. The van der Waals surface area contributed by atoms with Crippen molar-refractivity contribution in [1.82, 2.24) is 14.9 Å². The van der Waals surface area contributed by atoms with E-state index in [1.807, 2.05) is 18.3 Å². The molecular formula is C23H22N4O6S. The topological polar surface area (TPSA) is 118 Å². The molecule has 2 atom stereocenters. The summed E-state index contributed by atoms with van der Waals surface area (Å²) >= 11 is 0. The molecule has 1 saturated carbocycles. The zero-order chi connectivity index (χ0) is 23.4. The fourth-order valence-corrected chi connectivity index (χ4v) is 5.72. The molecule has 0 saturated heterocycles. The van der Waals surface area contributed by atoms with E-state index < -0.39 is 10.0 Å². The molecule has 1 fully saturated rings. The lowest BCUT2D eigenvalue weighted by Crippen LogP contribution is -2.16. The Bertz CT molecular complexity index is 1500. The van der Waals surface area contributed by atoms with E-state index in [0.29, 0.717) is 47.5 Å². The lowest BCUT2D eigenvalue weighted by molar-refractivity contribution is 0.276. The number of sulfonamides is 1. The van der Waals surface area contributed by atoms with E-state index in [0.717, 1.165) is 17.5 Å². The molecular weight excluding hydrogens is 460 g/mol. The van der Waals surface area contributed by atoms with Crippen LogP contribution in [-0.2, 0) is 16.6 Å². The van der Waals surface area contributed by atoms with Crippen LogP contribution in [0.2, 0.25) is 0 Å². The van der Waals surface area contributed by atoms with E-state index in [1.165, 1.54) is 14.2 Å². The molecule has 0 spiro atoms. The van der Waals surface area contributed by atoms with Gasteiger partial charge in [0.1, 0.15) is 27.5 Å². The minimum absolute atomic E-state index is 0.0234. The van der Waals surface area contributed by atoms with Crippen molar-refractivity contribution in [2.24, 2.45) is 5.92 Å². The second-order valence-electron chi connectivity index (χ2n) is 8.47. The quantitative estimate of drug-likeness (QED) is 0.426. The van der Waals surface area contributed by atoms with E-state index in [1.54, 1.807) is 29.1 Å². The summed E-state index contributed by atoms with van der Waals surface area (Å²) in [7, 11) is -1.11. The van der Waals surface area contributed by atoms with Gasteiger partial charge in [0.25, 0.3) is 10.0 Å². The summed E-state index contributed by atoms with van der Waals surface area (Å²) in [5, 5.41) is 8.62. The maximum atomic E-state index is 13.4. The largest absolute Gasteiger partial charge is 0.496 e. The summed E-state index contributed by atoms with van der Waals surface area (Å²) in [4.78, 5) is 0.0234. The lowest BCUT2D eigenvalue weighted by Gasteiger charge is -2.20. The molecule has 4 aromatic rings. The Kier molecular flexibility index (Phi) is 4.70. The van der Waals surface area contributed by atoms with Crippen LogP contribution in [0, 0.1) is 5.92 Å². The first-order valence-electron chi connectivity index (χ1n) is 10.8. The van der Waals surface area contributed by atoms with Gasteiger partial charge < -0.3 is 18.7 Å². The summed E-state index contributed by atoms with van der Waals surface area (Å²) in [6.07, 6.45) is 4.54. The Balaban J connectivity index is 1.37. The third-order valence-electron chi connectivity index (χ3n) is 6.31. The highest BCUT2D eigenvalue weighted by molar-refractivity contribution is 7.92. The molecule has 0 amide bonds. The molecule has 1 aliphatic carbocycles. The second kappa shape index (κ2) is 7.66. The Morgan fingerprint density at radius 2 is 2.03 bits per heavy atom. The molecule has 1 N–H and O–H groups in total. The number of benzene rings is 2. The van der Waals surface area contributed by atoms with Gasteiger partial charge in [-0.3, -0.25) is 9.40 Å². The number of nitrogens with zero attached hydrogens (tertiary/aromatic N) is 3. The first-order valence-corrected chi connectivity index (χ1v) is 12.3. The highest BCUT2D eigenvalue weighted by Crippen LogP contribution is 2.55. The average molecular weight is 483 g/mol. The first-order chi connectivity index (χ1) is 16.5. The number of nitrogens with one attached hydrogen (secondary N) is 1. The van der Waals surface area contributed by atoms with Crippen molar-refractivity contribution in [2.75, 3.05) is 25.5 Å². The summed E-state index contributed by atoms with van der Waals surface area (Å²) in [6, 6.07) is 8.71. The van der Waals surface area contributed by atoms with Gasteiger partial charge >= 0.3 is 0 Å². The van der Waals surface area contributed by atoms with E-state index in [4.69, 9.17) is 18.7 Å². The van der Waals surface area contributed by atoms with Gasteiger partial charge in [0.15, 0.2) is 11.4 Å². The predicted molar refractivity (Wildman–Crippen MR) is 122 cm³/mol.